The van der Waals surface area contributed by atoms with Gasteiger partial charge in [0.1, 0.15) is 0 Å². The lowest BCUT2D eigenvalue weighted by Gasteiger charge is -2.03. The summed E-state index contributed by atoms with van der Waals surface area (Å²) in [6.07, 6.45) is -1.05. The number of nitrogens with one attached hydrogen (secondary N) is 1. The molecule has 0 saturated carbocycles. The van der Waals surface area contributed by atoms with E-state index in [-0.39, 0.29) is 0 Å². The molecule has 1 aromatic carbocycles. The van der Waals surface area contributed by atoms with Gasteiger partial charge in [-0.25, -0.2) is 4.79 Å². The highest BCUT2D eigenvalue weighted by Crippen LogP contribution is 2.17. The topological polar surface area (TPSA) is 49.3 Å². The molecule has 0 aliphatic carbocycles. The van der Waals surface area contributed by atoms with Gasteiger partial charge in [-0.3, -0.25) is 5.32 Å². The van der Waals surface area contributed by atoms with Crippen LogP contribution in [0.5, 0.6) is 0 Å². The zero-order valence-electron chi connectivity index (χ0n) is 6.53. The highest BCUT2D eigenvalue weighted by molar-refractivity contribution is 7.80. The van der Waals surface area contributed by atoms with Crippen molar-refractivity contribution in [1.29, 1.82) is 0 Å². The van der Waals surface area contributed by atoms with Crippen molar-refractivity contribution in [3.05, 3.63) is 23.8 Å². The van der Waals surface area contributed by atoms with Crippen LogP contribution in [0.1, 0.15) is 5.56 Å². The van der Waals surface area contributed by atoms with E-state index >= 15 is 0 Å². The first-order valence-corrected chi connectivity index (χ1v) is 3.84. The number of carboxylic acid groups (broad SMARTS) is 1. The second kappa shape index (κ2) is 3.49. The first kappa shape index (κ1) is 8.93. The predicted octanol–water partition coefficient (Wildman–Crippen LogP) is 2.37. The van der Waals surface area contributed by atoms with Crippen LogP contribution in [0.15, 0.2) is 23.1 Å². The molecule has 1 rings (SSSR count). The van der Waals surface area contributed by atoms with E-state index in [9.17, 15) is 4.79 Å². The molecule has 0 spiro atoms. The molecule has 0 saturated heterocycles. The number of anilines is 1. The molecule has 1 aromatic rings. The number of amides is 1. The third-order valence-electron chi connectivity index (χ3n) is 1.45. The Morgan fingerprint density at radius 2 is 2.25 bits per heavy atom. The molecule has 0 aromatic heterocycles. The van der Waals surface area contributed by atoms with Gasteiger partial charge < -0.3 is 5.11 Å². The van der Waals surface area contributed by atoms with Gasteiger partial charge in [0, 0.05) is 10.6 Å². The van der Waals surface area contributed by atoms with Gasteiger partial charge in [0.15, 0.2) is 0 Å². The van der Waals surface area contributed by atoms with Crippen molar-refractivity contribution in [2.75, 3.05) is 5.32 Å². The van der Waals surface area contributed by atoms with Crippen LogP contribution in [0.3, 0.4) is 0 Å². The fraction of sp³-hybridized carbons (Fsp3) is 0.125. The minimum Gasteiger partial charge on any atom is -0.465 e. The first-order valence-electron chi connectivity index (χ1n) is 3.39. The van der Waals surface area contributed by atoms with Gasteiger partial charge in [-0.15, -0.1) is 12.6 Å². The van der Waals surface area contributed by atoms with Gasteiger partial charge in [-0.1, -0.05) is 0 Å². The van der Waals surface area contributed by atoms with Crippen LogP contribution in [0.2, 0.25) is 0 Å². The van der Waals surface area contributed by atoms with E-state index in [0.29, 0.717) is 5.69 Å². The van der Waals surface area contributed by atoms with Crippen molar-refractivity contribution in [2.45, 2.75) is 11.8 Å². The molecule has 12 heavy (non-hydrogen) atoms. The summed E-state index contributed by atoms with van der Waals surface area (Å²) in [5, 5.41) is 10.7. The van der Waals surface area contributed by atoms with Gasteiger partial charge in [0.2, 0.25) is 0 Å². The number of thiol groups is 1. The van der Waals surface area contributed by atoms with Crippen molar-refractivity contribution < 1.29 is 9.90 Å². The summed E-state index contributed by atoms with van der Waals surface area (Å²) in [4.78, 5) is 11.1. The third kappa shape index (κ3) is 2.17. The summed E-state index contributed by atoms with van der Waals surface area (Å²) in [5.74, 6) is 0. The van der Waals surface area contributed by atoms with Crippen LogP contribution in [0.4, 0.5) is 10.5 Å². The largest absolute Gasteiger partial charge is 0.465 e. The van der Waals surface area contributed by atoms with Crippen LogP contribution in [-0.4, -0.2) is 11.2 Å². The highest BCUT2D eigenvalue weighted by Gasteiger charge is 1.98. The average Bonchev–Trinajstić information content (AvgIpc) is 1.96. The zero-order chi connectivity index (χ0) is 9.14. The maximum Gasteiger partial charge on any atom is 0.409 e. The van der Waals surface area contributed by atoms with Gasteiger partial charge in [-0.2, -0.15) is 0 Å². The standard InChI is InChI=1S/C8H9NO2S/c1-5-4-6(9-8(10)11)2-3-7(5)12/h2-4,9,12H,1H3,(H,10,11). The molecule has 4 heteroatoms. The summed E-state index contributed by atoms with van der Waals surface area (Å²) in [6.45, 7) is 1.87. The van der Waals surface area contributed by atoms with Crippen molar-refractivity contribution in [3.63, 3.8) is 0 Å². The smallest absolute Gasteiger partial charge is 0.409 e. The van der Waals surface area contributed by atoms with Crippen LogP contribution in [0, 0.1) is 6.92 Å². The Labute approximate surface area is 75.8 Å². The molecule has 64 valence electrons. The maximum absolute atomic E-state index is 10.2. The van der Waals surface area contributed by atoms with E-state index in [0.717, 1.165) is 10.5 Å². The summed E-state index contributed by atoms with van der Waals surface area (Å²) >= 11 is 4.16. The van der Waals surface area contributed by atoms with E-state index in [1.165, 1.54) is 0 Å². The van der Waals surface area contributed by atoms with Crippen molar-refractivity contribution in [1.82, 2.24) is 0 Å². The number of hydrogen-bond acceptors (Lipinski definition) is 2. The maximum atomic E-state index is 10.2. The van der Waals surface area contributed by atoms with Gasteiger partial charge in [-0.05, 0) is 30.7 Å². The fourth-order valence-electron chi connectivity index (χ4n) is 0.857. The fourth-order valence-corrected chi connectivity index (χ4v) is 0.996. The number of rotatable bonds is 1. The Bertz CT molecular complexity index is 312. The zero-order valence-corrected chi connectivity index (χ0v) is 7.43. The van der Waals surface area contributed by atoms with Crippen LogP contribution in [0.25, 0.3) is 0 Å². The summed E-state index contributed by atoms with van der Waals surface area (Å²) < 4.78 is 0. The molecule has 2 N–H and O–H groups in total. The molecule has 1 amide bonds. The van der Waals surface area contributed by atoms with Gasteiger partial charge in [0.25, 0.3) is 0 Å². The van der Waals surface area contributed by atoms with Gasteiger partial charge >= 0.3 is 6.09 Å². The lowest BCUT2D eigenvalue weighted by atomic mass is 10.2. The second-order valence-corrected chi connectivity index (χ2v) is 2.91. The minimum absolute atomic E-state index is 0.567. The molecule has 0 bridgehead atoms. The average molecular weight is 183 g/mol. The minimum atomic E-state index is -1.05. The molecular weight excluding hydrogens is 174 g/mol. The number of carbonyl (C=O) groups is 1. The molecule has 0 fully saturated rings. The van der Waals surface area contributed by atoms with Crippen LogP contribution in [-0.2, 0) is 0 Å². The molecule has 3 nitrogen and oxygen atoms in total. The molecule has 0 unspecified atom stereocenters. The van der Waals surface area contributed by atoms with E-state index in [2.05, 4.69) is 17.9 Å². The molecular formula is C8H9NO2S. The Balaban J connectivity index is 2.89. The lowest BCUT2D eigenvalue weighted by Crippen LogP contribution is -2.07. The molecule has 0 aliphatic rings. The molecule has 0 aliphatic heterocycles. The van der Waals surface area contributed by atoms with Gasteiger partial charge in [0.05, 0.1) is 0 Å². The molecule has 0 atom stereocenters. The molecule has 0 radical (unpaired) electrons. The normalized spacial score (nSPS) is 9.50. The van der Waals surface area contributed by atoms with Crippen molar-refractivity contribution >= 4 is 24.4 Å². The summed E-state index contributed by atoms with van der Waals surface area (Å²) in [6, 6.07) is 5.16. The number of hydrogen-bond donors (Lipinski definition) is 3. The number of benzene rings is 1. The van der Waals surface area contributed by atoms with Crippen LogP contribution < -0.4 is 5.32 Å². The summed E-state index contributed by atoms with van der Waals surface area (Å²) in [7, 11) is 0. The monoisotopic (exact) mass is 183 g/mol. The first-order chi connectivity index (χ1) is 5.59. The van der Waals surface area contributed by atoms with E-state index in [4.69, 9.17) is 5.11 Å². The molecule has 0 heterocycles. The quantitative estimate of drug-likeness (QED) is 0.585. The van der Waals surface area contributed by atoms with E-state index in [1.807, 2.05) is 6.92 Å². The Morgan fingerprint density at radius 3 is 2.75 bits per heavy atom. The number of aryl methyl sites for hydroxylation is 1. The third-order valence-corrected chi connectivity index (χ3v) is 1.95. The highest BCUT2D eigenvalue weighted by atomic mass is 32.1. The lowest BCUT2D eigenvalue weighted by molar-refractivity contribution is 0.210. The Hall–Kier alpha value is -1.16. The van der Waals surface area contributed by atoms with Crippen molar-refractivity contribution in [2.24, 2.45) is 0 Å². The SMILES string of the molecule is Cc1cc(NC(=O)O)ccc1S. The predicted molar refractivity (Wildman–Crippen MR) is 50.1 cm³/mol. The Kier molecular flexibility index (Phi) is 2.60. The van der Waals surface area contributed by atoms with E-state index < -0.39 is 6.09 Å². The van der Waals surface area contributed by atoms with Crippen molar-refractivity contribution in [3.8, 4) is 0 Å². The second-order valence-electron chi connectivity index (χ2n) is 2.43. The van der Waals surface area contributed by atoms with E-state index in [1.54, 1.807) is 18.2 Å². The summed E-state index contributed by atoms with van der Waals surface area (Å²) in [5.41, 5.74) is 1.52. The Morgan fingerprint density at radius 1 is 1.58 bits per heavy atom. The van der Waals surface area contributed by atoms with Crippen LogP contribution >= 0.6 is 12.6 Å².